The highest BCUT2D eigenvalue weighted by Crippen LogP contribution is 2.04. The van der Waals surface area contributed by atoms with Crippen molar-refractivity contribution in [2.45, 2.75) is 32.6 Å². The third-order valence-corrected chi connectivity index (χ3v) is 2.02. The van der Waals surface area contributed by atoms with Crippen LogP contribution >= 0.6 is 0 Å². The molecule has 0 unspecified atom stereocenters. The van der Waals surface area contributed by atoms with Gasteiger partial charge in [-0.3, -0.25) is 4.98 Å². The van der Waals surface area contributed by atoms with Crippen molar-refractivity contribution < 1.29 is 0 Å². The van der Waals surface area contributed by atoms with E-state index in [0.29, 0.717) is 6.42 Å². The lowest BCUT2D eigenvalue weighted by atomic mass is 10.1. The fourth-order valence-corrected chi connectivity index (χ4v) is 1.16. The Morgan fingerprint density at radius 2 is 2.31 bits per heavy atom. The minimum atomic E-state index is 0.622. The summed E-state index contributed by atoms with van der Waals surface area (Å²) < 4.78 is 0. The molecule has 13 heavy (non-hydrogen) atoms. The lowest BCUT2D eigenvalue weighted by molar-refractivity contribution is 0.822. The van der Waals surface area contributed by atoms with Crippen LogP contribution < -0.4 is 0 Å². The maximum Gasteiger partial charge on any atom is 0.0621 e. The summed E-state index contributed by atoms with van der Waals surface area (Å²) in [6.45, 7) is 2.12. The molecule has 0 atom stereocenters. The maximum absolute atomic E-state index is 8.36. The predicted octanol–water partition coefficient (Wildman–Crippen LogP) is 2.49. The van der Waals surface area contributed by atoms with E-state index in [9.17, 15) is 0 Å². The number of aryl methyl sites for hydroxylation is 2. The quantitative estimate of drug-likeness (QED) is 0.657. The van der Waals surface area contributed by atoms with Gasteiger partial charge in [0.05, 0.1) is 6.07 Å². The SMILES string of the molecule is CCc1ccc(CCCC#N)nc1. The average Bonchev–Trinajstić information content (AvgIpc) is 2.19. The molecular formula is C11H14N2. The Morgan fingerprint density at radius 1 is 1.46 bits per heavy atom. The van der Waals surface area contributed by atoms with Gasteiger partial charge in [-0.05, 0) is 30.9 Å². The smallest absolute Gasteiger partial charge is 0.0621 e. The summed E-state index contributed by atoms with van der Waals surface area (Å²) in [5, 5.41) is 8.36. The van der Waals surface area contributed by atoms with Gasteiger partial charge < -0.3 is 0 Å². The molecule has 0 bridgehead atoms. The van der Waals surface area contributed by atoms with Crippen molar-refractivity contribution in [3.63, 3.8) is 0 Å². The molecule has 0 saturated heterocycles. The molecule has 0 spiro atoms. The first kappa shape index (κ1) is 9.73. The predicted molar refractivity (Wildman–Crippen MR) is 52.2 cm³/mol. The monoisotopic (exact) mass is 174 g/mol. The van der Waals surface area contributed by atoms with Crippen molar-refractivity contribution in [2.75, 3.05) is 0 Å². The summed E-state index contributed by atoms with van der Waals surface area (Å²) in [6.07, 6.45) is 5.40. The standard InChI is InChI=1S/C11H14N2/c1-2-10-6-7-11(13-9-10)5-3-4-8-12/h6-7,9H,2-5H2,1H3. The Bertz CT molecular complexity index is 282. The summed E-state index contributed by atoms with van der Waals surface area (Å²) in [6, 6.07) is 6.29. The van der Waals surface area contributed by atoms with E-state index in [2.05, 4.69) is 30.1 Å². The molecule has 0 aromatic carbocycles. The molecule has 0 aliphatic carbocycles. The second kappa shape index (κ2) is 5.31. The minimum absolute atomic E-state index is 0.622. The van der Waals surface area contributed by atoms with Crippen LogP contribution in [0.3, 0.4) is 0 Å². The van der Waals surface area contributed by atoms with Gasteiger partial charge in [0, 0.05) is 18.3 Å². The fraction of sp³-hybridized carbons (Fsp3) is 0.455. The summed E-state index contributed by atoms with van der Waals surface area (Å²) >= 11 is 0. The zero-order chi connectivity index (χ0) is 9.52. The third-order valence-electron chi connectivity index (χ3n) is 2.02. The third kappa shape index (κ3) is 3.25. The van der Waals surface area contributed by atoms with Crippen LogP contribution in [-0.4, -0.2) is 4.98 Å². The molecule has 2 heteroatoms. The lowest BCUT2D eigenvalue weighted by Crippen LogP contribution is -1.91. The highest BCUT2D eigenvalue weighted by atomic mass is 14.7. The van der Waals surface area contributed by atoms with E-state index in [-0.39, 0.29) is 0 Å². The van der Waals surface area contributed by atoms with Gasteiger partial charge in [-0.25, -0.2) is 0 Å². The lowest BCUT2D eigenvalue weighted by Gasteiger charge is -1.99. The molecule has 0 fully saturated rings. The second-order valence-electron chi connectivity index (χ2n) is 3.02. The van der Waals surface area contributed by atoms with Gasteiger partial charge in [0.1, 0.15) is 0 Å². The number of nitrogens with zero attached hydrogens (tertiary/aromatic N) is 2. The summed E-state index contributed by atoms with van der Waals surface area (Å²) in [5.41, 5.74) is 2.36. The van der Waals surface area contributed by atoms with E-state index >= 15 is 0 Å². The van der Waals surface area contributed by atoms with Crippen molar-refractivity contribution in [2.24, 2.45) is 0 Å². The molecule has 0 aliphatic rings. The van der Waals surface area contributed by atoms with E-state index in [1.54, 1.807) is 0 Å². The number of aromatic nitrogens is 1. The molecule has 0 aliphatic heterocycles. The van der Waals surface area contributed by atoms with Gasteiger partial charge in [0.25, 0.3) is 0 Å². The molecule has 0 saturated carbocycles. The second-order valence-corrected chi connectivity index (χ2v) is 3.02. The number of pyridine rings is 1. The number of unbranched alkanes of at least 4 members (excludes halogenated alkanes) is 1. The van der Waals surface area contributed by atoms with Gasteiger partial charge in [-0.15, -0.1) is 0 Å². The van der Waals surface area contributed by atoms with Crippen molar-refractivity contribution in [3.8, 4) is 6.07 Å². The largest absolute Gasteiger partial charge is 0.261 e. The molecule has 1 rings (SSSR count). The molecule has 0 radical (unpaired) electrons. The molecule has 0 amide bonds. The van der Waals surface area contributed by atoms with Crippen LogP contribution in [0.15, 0.2) is 18.3 Å². The highest BCUT2D eigenvalue weighted by molar-refractivity contribution is 5.13. The Kier molecular flexibility index (Phi) is 3.98. The normalized spacial score (nSPS) is 9.54. The Morgan fingerprint density at radius 3 is 2.85 bits per heavy atom. The zero-order valence-corrected chi connectivity index (χ0v) is 7.95. The Balaban J connectivity index is 2.45. The number of hydrogen-bond acceptors (Lipinski definition) is 2. The first-order valence-corrected chi connectivity index (χ1v) is 4.67. The van der Waals surface area contributed by atoms with E-state index in [1.807, 2.05) is 6.20 Å². The first-order valence-electron chi connectivity index (χ1n) is 4.67. The molecule has 68 valence electrons. The van der Waals surface area contributed by atoms with Crippen molar-refractivity contribution in [1.29, 1.82) is 5.26 Å². The Labute approximate surface area is 79.2 Å². The maximum atomic E-state index is 8.36. The van der Waals surface area contributed by atoms with E-state index < -0.39 is 0 Å². The first-order chi connectivity index (χ1) is 6.36. The molecule has 1 aromatic rings. The summed E-state index contributed by atoms with van der Waals surface area (Å²) in [7, 11) is 0. The van der Waals surface area contributed by atoms with Gasteiger partial charge in [-0.1, -0.05) is 13.0 Å². The number of hydrogen-bond donors (Lipinski definition) is 0. The molecular weight excluding hydrogens is 160 g/mol. The van der Waals surface area contributed by atoms with Crippen LogP contribution in [0.25, 0.3) is 0 Å². The van der Waals surface area contributed by atoms with E-state index in [1.165, 1.54) is 5.56 Å². The van der Waals surface area contributed by atoms with Gasteiger partial charge in [-0.2, -0.15) is 5.26 Å². The fourth-order valence-electron chi connectivity index (χ4n) is 1.16. The van der Waals surface area contributed by atoms with Crippen LogP contribution in [0.4, 0.5) is 0 Å². The highest BCUT2D eigenvalue weighted by Gasteiger charge is 1.94. The van der Waals surface area contributed by atoms with Crippen LogP contribution in [-0.2, 0) is 12.8 Å². The number of rotatable bonds is 4. The Hall–Kier alpha value is -1.36. The number of nitriles is 1. The molecule has 1 heterocycles. The van der Waals surface area contributed by atoms with Gasteiger partial charge in [0.15, 0.2) is 0 Å². The van der Waals surface area contributed by atoms with Crippen LogP contribution in [0, 0.1) is 11.3 Å². The average molecular weight is 174 g/mol. The van der Waals surface area contributed by atoms with Crippen LogP contribution in [0.5, 0.6) is 0 Å². The van der Waals surface area contributed by atoms with Crippen molar-refractivity contribution in [1.82, 2.24) is 4.98 Å². The molecule has 0 N–H and O–H groups in total. The topological polar surface area (TPSA) is 36.7 Å². The van der Waals surface area contributed by atoms with Crippen molar-refractivity contribution >= 4 is 0 Å². The van der Waals surface area contributed by atoms with Crippen LogP contribution in [0.1, 0.15) is 31.0 Å². The van der Waals surface area contributed by atoms with Gasteiger partial charge in [0.2, 0.25) is 0 Å². The van der Waals surface area contributed by atoms with Gasteiger partial charge >= 0.3 is 0 Å². The van der Waals surface area contributed by atoms with E-state index in [4.69, 9.17) is 5.26 Å². The summed E-state index contributed by atoms with van der Waals surface area (Å²) in [5.74, 6) is 0. The van der Waals surface area contributed by atoms with Crippen molar-refractivity contribution in [3.05, 3.63) is 29.6 Å². The van der Waals surface area contributed by atoms with Crippen LogP contribution in [0.2, 0.25) is 0 Å². The summed E-state index contributed by atoms with van der Waals surface area (Å²) in [4.78, 5) is 4.31. The molecule has 1 aromatic heterocycles. The molecule has 2 nitrogen and oxygen atoms in total. The minimum Gasteiger partial charge on any atom is -0.261 e. The van der Waals surface area contributed by atoms with E-state index in [0.717, 1.165) is 25.0 Å². The zero-order valence-electron chi connectivity index (χ0n) is 7.95.